The summed E-state index contributed by atoms with van der Waals surface area (Å²) < 4.78 is 6.87. The van der Waals surface area contributed by atoms with Crippen molar-refractivity contribution >= 4 is 23.4 Å². The van der Waals surface area contributed by atoms with Crippen LogP contribution in [0, 0.1) is 0 Å². The molecule has 3 rings (SSSR count). The summed E-state index contributed by atoms with van der Waals surface area (Å²) in [6.07, 6.45) is 4.15. The molecule has 76 valence electrons. The second-order valence-corrected chi connectivity index (χ2v) is 3.87. The van der Waals surface area contributed by atoms with Gasteiger partial charge >= 0.3 is 0 Å². The van der Waals surface area contributed by atoms with E-state index in [1.54, 1.807) is 22.9 Å². The minimum atomic E-state index is 0.294. The minimum Gasteiger partial charge on any atom is -0.367 e. The van der Waals surface area contributed by atoms with Crippen molar-refractivity contribution in [3.8, 4) is 0 Å². The Morgan fingerprint density at radius 2 is 1.86 bits per heavy atom. The Kier molecular flexibility index (Phi) is 3.18. The summed E-state index contributed by atoms with van der Waals surface area (Å²) in [6.45, 7) is 1.85. The third kappa shape index (κ3) is 2.78. The van der Waals surface area contributed by atoms with Crippen LogP contribution in [0.3, 0.4) is 0 Å². The van der Waals surface area contributed by atoms with Crippen LogP contribution in [0.25, 0.3) is 0 Å². The molecule has 2 unspecified atom stereocenters. The molecule has 0 spiro atoms. The van der Waals surface area contributed by atoms with Crippen LogP contribution < -0.4 is 0 Å². The third-order valence-electron chi connectivity index (χ3n) is 1.98. The number of morpholine rings is 1. The highest BCUT2D eigenvalue weighted by molar-refractivity contribution is 6.28. The molecule has 3 heterocycles. The van der Waals surface area contributed by atoms with Crippen LogP contribution >= 0.6 is 23.4 Å². The maximum atomic E-state index is 5.59. The van der Waals surface area contributed by atoms with Crippen LogP contribution in [0.4, 0.5) is 0 Å². The Labute approximate surface area is 91.9 Å². The van der Waals surface area contributed by atoms with E-state index >= 15 is 0 Å². The van der Waals surface area contributed by atoms with Crippen molar-refractivity contribution in [2.75, 3.05) is 13.1 Å². The number of halogens is 2. The monoisotopic (exact) mass is 233 g/mol. The van der Waals surface area contributed by atoms with Crippen molar-refractivity contribution in [3.63, 3.8) is 0 Å². The summed E-state index contributed by atoms with van der Waals surface area (Å²) >= 11 is 10.9. The largest absolute Gasteiger partial charge is 0.367 e. The SMILES string of the molecule is ClN1CC2OC2C1.Clc1ncccn1. The van der Waals surface area contributed by atoms with E-state index < -0.39 is 0 Å². The number of hydrogen-bond donors (Lipinski definition) is 0. The number of fused-ring (bicyclic) bond motifs is 1. The summed E-state index contributed by atoms with van der Waals surface area (Å²) in [6, 6.07) is 1.71. The Bertz CT molecular complexity index is 288. The van der Waals surface area contributed by atoms with Crippen molar-refractivity contribution in [2.45, 2.75) is 12.2 Å². The number of aromatic nitrogens is 2. The first-order valence-electron chi connectivity index (χ1n) is 4.24. The predicted octanol–water partition coefficient (Wildman–Crippen LogP) is 1.35. The highest BCUT2D eigenvalue weighted by Gasteiger charge is 2.46. The van der Waals surface area contributed by atoms with Gasteiger partial charge in [-0.05, 0) is 29.4 Å². The molecule has 0 radical (unpaired) electrons. The topological polar surface area (TPSA) is 41.5 Å². The van der Waals surface area contributed by atoms with Gasteiger partial charge in [-0.1, -0.05) is 0 Å². The van der Waals surface area contributed by atoms with Crippen LogP contribution in [0.5, 0.6) is 0 Å². The van der Waals surface area contributed by atoms with Gasteiger partial charge in [-0.15, -0.1) is 0 Å². The molecule has 0 amide bonds. The molecule has 0 aromatic carbocycles. The number of ether oxygens (including phenoxy) is 1. The van der Waals surface area contributed by atoms with Crippen molar-refractivity contribution in [2.24, 2.45) is 0 Å². The Balaban J connectivity index is 0.000000107. The zero-order valence-corrected chi connectivity index (χ0v) is 8.82. The lowest BCUT2D eigenvalue weighted by Gasteiger charge is -2.02. The van der Waals surface area contributed by atoms with Gasteiger partial charge in [0.05, 0.1) is 12.2 Å². The highest BCUT2D eigenvalue weighted by atomic mass is 35.5. The first kappa shape index (κ1) is 10.1. The molecule has 0 saturated carbocycles. The zero-order chi connectivity index (χ0) is 9.97. The van der Waals surface area contributed by atoms with E-state index in [0.29, 0.717) is 17.5 Å². The van der Waals surface area contributed by atoms with Gasteiger partial charge in [-0.25, -0.2) is 14.4 Å². The van der Waals surface area contributed by atoms with Gasteiger partial charge in [-0.2, -0.15) is 0 Å². The average molecular weight is 234 g/mol. The predicted molar refractivity (Wildman–Crippen MR) is 53.1 cm³/mol. The van der Waals surface area contributed by atoms with Gasteiger partial charge in [0.25, 0.3) is 0 Å². The van der Waals surface area contributed by atoms with Crippen LogP contribution in [0.2, 0.25) is 5.28 Å². The molecule has 2 aliphatic rings. The number of nitrogens with zero attached hydrogens (tertiary/aromatic N) is 3. The molecule has 6 heteroatoms. The molecule has 0 aliphatic carbocycles. The second kappa shape index (κ2) is 4.40. The van der Waals surface area contributed by atoms with E-state index in [2.05, 4.69) is 9.97 Å². The Morgan fingerprint density at radius 3 is 2.14 bits per heavy atom. The normalized spacial score (nSPS) is 29.0. The molecule has 14 heavy (non-hydrogen) atoms. The highest BCUT2D eigenvalue weighted by Crippen LogP contribution is 2.31. The molecule has 2 aliphatic heterocycles. The molecular formula is C8H9Cl2N3O. The van der Waals surface area contributed by atoms with Gasteiger partial charge in [0, 0.05) is 25.5 Å². The summed E-state index contributed by atoms with van der Waals surface area (Å²) in [5.41, 5.74) is 0. The van der Waals surface area contributed by atoms with E-state index in [1.807, 2.05) is 0 Å². The van der Waals surface area contributed by atoms with Crippen LogP contribution in [-0.4, -0.2) is 39.7 Å². The van der Waals surface area contributed by atoms with Crippen molar-refractivity contribution in [1.82, 2.24) is 14.4 Å². The third-order valence-corrected chi connectivity index (χ3v) is 2.45. The van der Waals surface area contributed by atoms with Crippen molar-refractivity contribution in [1.29, 1.82) is 0 Å². The number of rotatable bonds is 0. The molecular weight excluding hydrogens is 225 g/mol. The quantitative estimate of drug-likeness (QED) is 0.386. The Hall–Kier alpha value is -0.420. The number of epoxide rings is 1. The van der Waals surface area contributed by atoms with Gasteiger partial charge < -0.3 is 4.74 Å². The van der Waals surface area contributed by atoms with Gasteiger partial charge in [-0.3, -0.25) is 0 Å². The van der Waals surface area contributed by atoms with Crippen molar-refractivity contribution in [3.05, 3.63) is 23.7 Å². The van der Waals surface area contributed by atoms with Gasteiger partial charge in [0.1, 0.15) is 0 Å². The Morgan fingerprint density at radius 1 is 1.29 bits per heavy atom. The first-order chi connectivity index (χ1) is 6.75. The van der Waals surface area contributed by atoms with Crippen LogP contribution in [0.15, 0.2) is 18.5 Å². The molecule has 1 aromatic heterocycles. The summed E-state index contributed by atoms with van der Waals surface area (Å²) in [4.78, 5) is 7.27. The zero-order valence-electron chi connectivity index (χ0n) is 7.31. The fourth-order valence-corrected chi connectivity index (χ4v) is 1.63. The molecule has 0 N–H and O–H groups in total. The molecule has 2 saturated heterocycles. The summed E-state index contributed by atoms with van der Waals surface area (Å²) in [7, 11) is 0. The lowest BCUT2D eigenvalue weighted by molar-refractivity contribution is 0.279. The summed E-state index contributed by atoms with van der Waals surface area (Å²) in [5, 5.41) is 0.294. The molecule has 1 aromatic rings. The van der Waals surface area contributed by atoms with E-state index in [4.69, 9.17) is 28.1 Å². The van der Waals surface area contributed by atoms with E-state index in [0.717, 1.165) is 13.1 Å². The smallest absolute Gasteiger partial charge is 0.222 e. The number of hydrogen-bond acceptors (Lipinski definition) is 4. The molecule has 0 bridgehead atoms. The molecule has 2 fully saturated rings. The maximum absolute atomic E-state index is 5.59. The fourth-order valence-electron chi connectivity index (χ4n) is 1.25. The van der Waals surface area contributed by atoms with Gasteiger partial charge in [0.2, 0.25) is 5.28 Å². The van der Waals surface area contributed by atoms with Crippen molar-refractivity contribution < 1.29 is 4.74 Å². The van der Waals surface area contributed by atoms with E-state index in [9.17, 15) is 0 Å². The molecule has 4 nitrogen and oxygen atoms in total. The lowest BCUT2D eigenvalue weighted by Crippen LogP contribution is -2.11. The second-order valence-electron chi connectivity index (χ2n) is 3.06. The molecule has 2 atom stereocenters. The van der Waals surface area contributed by atoms with Crippen LogP contribution in [0.1, 0.15) is 0 Å². The van der Waals surface area contributed by atoms with E-state index in [-0.39, 0.29) is 0 Å². The fraction of sp³-hybridized carbons (Fsp3) is 0.500. The maximum Gasteiger partial charge on any atom is 0.222 e. The van der Waals surface area contributed by atoms with Crippen LogP contribution in [-0.2, 0) is 4.74 Å². The van der Waals surface area contributed by atoms with Gasteiger partial charge in [0.15, 0.2) is 0 Å². The summed E-state index contributed by atoms with van der Waals surface area (Å²) in [5.74, 6) is 0. The standard InChI is InChI=1S/C4H3ClN2.C4H6ClNO/c5-4-6-2-1-3-7-4;5-6-1-3-4(2-6)7-3/h1-3H;3-4H,1-2H2. The average Bonchev–Trinajstić information content (AvgIpc) is 2.77. The van der Waals surface area contributed by atoms with E-state index in [1.165, 1.54) is 0 Å². The first-order valence-corrected chi connectivity index (χ1v) is 4.96. The minimum absolute atomic E-state index is 0.294. The lowest BCUT2D eigenvalue weighted by atomic mass is 10.4.